The number of quaternary nitrogens is 1. The highest BCUT2D eigenvalue weighted by Crippen LogP contribution is 2.38. The molecule has 0 radical (unpaired) electrons. The van der Waals surface area contributed by atoms with Gasteiger partial charge in [0, 0.05) is 6.42 Å². The van der Waals surface area contributed by atoms with Crippen molar-refractivity contribution in [1.82, 2.24) is 5.32 Å². The summed E-state index contributed by atoms with van der Waals surface area (Å²) in [4.78, 5) is 25.7. The molecule has 0 rings (SSSR count). The normalized spacial score (nSPS) is 13.6. The first-order chi connectivity index (χ1) is 44.5. The van der Waals surface area contributed by atoms with Gasteiger partial charge in [-0.2, -0.15) is 0 Å². The van der Waals surface area contributed by atoms with Gasteiger partial charge in [-0.05, 0) is 51.4 Å². The molecule has 0 saturated carbocycles. The Morgan fingerprint density at radius 2 is 0.637 bits per heavy atom. The first kappa shape index (κ1) is 89.7. The number of aliphatic hydroxyl groups is 1. The average Bonchev–Trinajstić information content (AvgIpc) is 3.58. The number of likely N-dealkylation sites (N-methyl/N-ethyl adjacent to an activating group) is 1. The van der Waals surface area contributed by atoms with Crippen LogP contribution >= 0.6 is 7.82 Å². The molecule has 91 heavy (non-hydrogen) atoms. The van der Waals surface area contributed by atoms with Gasteiger partial charge >= 0.3 is 0 Å². The standard InChI is InChI=1S/C82H161N2O6P/c1-6-8-10-12-14-16-18-20-22-24-26-28-30-32-34-36-38-39-40-41-42-43-44-45-46-48-50-52-54-56-58-60-62-64-66-68-70-72-74-76-82(86)83-80(79-90-91(87,88)89-78-77-84(3,4)5)81(85)75-73-71-69-67-65-63-61-59-57-55-53-51-49-47-37-35-33-31-29-27-25-23-21-19-17-15-13-11-9-7-2/h18,20,24,26,73,75,80-81,85H,6-17,19,21-23,25,27-72,74,76-79H2,1-5H3,(H-,83,86,87,88)/b20-18-,26-24-,75-73+. The van der Waals surface area contributed by atoms with Crippen LogP contribution in [-0.4, -0.2) is 68.5 Å². The first-order valence-electron chi connectivity index (χ1n) is 40.9. The molecule has 0 aliphatic carbocycles. The second kappa shape index (κ2) is 73.0. The van der Waals surface area contributed by atoms with Crippen molar-refractivity contribution >= 4 is 13.7 Å². The van der Waals surface area contributed by atoms with Crippen LogP contribution in [0.3, 0.4) is 0 Å². The highest BCUT2D eigenvalue weighted by atomic mass is 31.2. The quantitative estimate of drug-likeness (QED) is 0.0272. The summed E-state index contributed by atoms with van der Waals surface area (Å²) in [6, 6.07) is -0.886. The zero-order valence-corrected chi connectivity index (χ0v) is 63.0. The number of phosphoric ester groups is 1. The summed E-state index contributed by atoms with van der Waals surface area (Å²) in [5, 5.41) is 14.0. The number of unbranched alkanes of at least 4 members (excludes halogenated alkanes) is 60. The minimum Gasteiger partial charge on any atom is -0.756 e. The zero-order valence-electron chi connectivity index (χ0n) is 62.1. The zero-order chi connectivity index (χ0) is 66.2. The number of nitrogens with zero attached hydrogens (tertiary/aromatic N) is 1. The second-order valence-electron chi connectivity index (χ2n) is 29.5. The van der Waals surface area contributed by atoms with Crippen molar-refractivity contribution in [2.75, 3.05) is 40.9 Å². The van der Waals surface area contributed by atoms with Crippen molar-refractivity contribution in [1.29, 1.82) is 0 Å². The fourth-order valence-corrected chi connectivity index (χ4v) is 13.5. The van der Waals surface area contributed by atoms with E-state index in [-0.39, 0.29) is 19.1 Å². The third-order valence-corrected chi connectivity index (χ3v) is 20.1. The summed E-state index contributed by atoms with van der Waals surface area (Å²) in [5.74, 6) is -0.187. The van der Waals surface area contributed by atoms with Crippen LogP contribution in [0.2, 0.25) is 0 Å². The Morgan fingerprint density at radius 1 is 0.385 bits per heavy atom. The molecule has 0 aromatic carbocycles. The van der Waals surface area contributed by atoms with Crippen molar-refractivity contribution in [3.8, 4) is 0 Å². The monoisotopic (exact) mass is 1300 g/mol. The molecule has 2 N–H and O–H groups in total. The molecule has 0 bridgehead atoms. The van der Waals surface area contributed by atoms with Crippen molar-refractivity contribution in [2.24, 2.45) is 0 Å². The highest BCUT2D eigenvalue weighted by molar-refractivity contribution is 7.45. The van der Waals surface area contributed by atoms with Crippen molar-refractivity contribution in [2.45, 2.75) is 443 Å². The molecule has 0 fully saturated rings. The van der Waals surface area contributed by atoms with Gasteiger partial charge in [0.15, 0.2) is 0 Å². The smallest absolute Gasteiger partial charge is 0.268 e. The van der Waals surface area contributed by atoms with E-state index in [1.54, 1.807) is 6.08 Å². The van der Waals surface area contributed by atoms with Crippen molar-refractivity contribution in [3.05, 3.63) is 36.5 Å². The summed E-state index contributed by atoms with van der Waals surface area (Å²) >= 11 is 0. The molecule has 1 amide bonds. The molecule has 0 aliphatic heterocycles. The number of hydrogen-bond acceptors (Lipinski definition) is 6. The SMILES string of the molecule is CCCCCCC/C=C\C/C=C\CCCCCCCCCCCCCCCCCCCCCCCCCCCCCC(=O)NC(COP(=O)([O-])OCC[N+](C)(C)C)C(O)/C=C/CCCCCCCCCCCCCCCCCCCCCCCCCCCCCC. The molecule has 0 heterocycles. The van der Waals surface area contributed by atoms with Crippen LogP contribution in [0.15, 0.2) is 36.5 Å². The number of allylic oxidation sites excluding steroid dienone is 5. The van der Waals surface area contributed by atoms with E-state index in [1.807, 2.05) is 27.2 Å². The van der Waals surface area contributed by atoms with E-state index in [9.17, 15) is 19.4 Å². The Morgan fingerprint density at radius 3 is 0.912 bits per heavy atom. The number of amides is 1. The maximum atomic E-state index is 13.1. The van der Waals surface area contributed by atoms with Gasteiger partial charge in [-0.25, -0.2) is 0 Å². The number of carbonyl (C=O) groups excluding carboxylic acids is 1. The molecule has 3 unspecified atom stereocenters. The van der Waals surface area contributed by atoms with Crippen LogP contribution < -0.4 is 10.2 Å². The summed E-state index contributed by atoms with van der Waals surface area (Å²) in [6.07, 6.45) is 98.9. The molecule has 0 spiro atoms. The lowest BCUT2D eigenvalue weighted by Gasteiger charge is -2.29. The molecule has 9 heteroatoms. The summed E-state index contributed by atoms with van der Waals surface area (Å²) < 4.78 is 23.5. The molecule has 0 saturated heterocycles. The Labute approximate surface area is 569 Å². The first-order valence-corrected chi connectivity index (χ1v) is 42.3. The highest BCUT2D eigenvalue weighted by Gasteiger charge is 2.23. The van der Waals surface area contributed by atoms with Gasteiger partial charge in [-0.3, -0.25) is 9.36 Å². The van der Waals surface area contributed by atoms with E-state index >= 15 is 0 Å². The minimum atomic E-state index is -4.61. The Balaban J connectivity index is 3.91. The fourth-order valence-electron chi connectivity index (χ4n) is 12.8. The topological polar surface area (TPSA) is 108 Å². The van der Waals surface area contributed by atoms with Crippen LogP contribution in [0, 0.1) is 0 Å². The maximum Gasteiger partial charge on any atom is 0.268 e. The largest absolute Gasteiger partial charge is 0.756 e. The van der Waals surface area contributed by atoms with Crippen molar-refractivity contribution < 1.29 is 32.9 Å². The van der Waals surface area contributed by atoms with E-state index in [1.165, 1.54) is 366 Å². The van der Waals surface area contributed by atoms with Gasteiger partial charge in [-0.15, -0.1) is 0 Å². The lowest BCUT2D eigenvalue weighted by molar-refractivity contribution is -0.870. The lowest BCUT2D eigenvalue weighted by Crippen LogP contribution is -2.45. The molecule has 0 aromatic rings. The second-order valence-corrected chi connectivity index (χ2v) is 30.9. The predicted molar refractivity (Wildman–Crippen MR) is 399 cm³/mol. The summed E-state index contributed by atoms with van der Waals surface area (Å²) in [7, 11) is 1.28. The van der Waals surface area contributed by atoms with Crippen LogP contribution in [-0.2, 0) is 18.4 Å². The van der Waals surface area contributed by atoms with Crippen LogP contribution in [0.4, 0.5) is 0 Å². The van der Waals surface area contributed by atoms with E-state index in [2.05, 4.69) is 43.5 Å². The van der Waals surface area contributed by atoms with Crippen LogP contribution in [0.25, 0.3) is 0 Å². The number of carbonyl (C=O) groups is 1. The van der Waals surface area contributed by atoms with Gasteiger partial charge in [0.25, 0.3) is 7.82 Å². The lowest BCUT2D eigenvalue weighted by atomic mass is 10.0. The molecule has 3 atom stereocenters. The van der Waals surface area contributed by atoms with E-state index < -0.39 is 20.0 Å². The summed E-state index contributed by atoms with van der Waals surface area (Å²) in [6.45, 7) is 4.71. The fraction of sp³-hybridized carbons (Fsp3) is 0.915. The predicted octanol–water partition coefficient (Wildman–Crippen LogP) is 26.1. The van der Waals surface area contributed by atoms with Crippen molar-refractivity contribution in [3.63, 3.8) is 0 Å². The minimum absolute atomic E-state index is 0.00194. The Kier molecular flexibility index (Phi) is 72.0. The molecule has 0 aromatic heterocycles. The van der Waals surface area contributed by atoms with E-state index in [0.717, 1.165) is 44.9 Å². The van der Waals surface area contributed by atoms with E-state index in [4.69, 9.17) is 9.05 Å². The molecule has 8 nitrogen and oxygen atoms in total. The molecular weight excluding hydrogens is 1140 g/mol. The third-order valence-electron chi connectivity index (χ3n) is 19.1. The summed E-state index contributed by atoms with van der Waals surface area (Å²) in [5.41, 5.74) is 0. The Hall–Kier alpha value is -1.28. The molecule has 0 aliphatic rings. The Bertz CT molecular complexity index is 1580. The molecule has 540 valence electrons. The van der Waals surface area contributed by atoms with Gasteiger partial charge in [0.05, 0.1) is 39.9 Å². The van der Waals surface area contributed by atoms with Crippen LogP contribution in [0.5, 0.6) is 0 Å². The number of rotatable bonds is 77. The van der Waals surface area contributed by atoms with Gasteiger partial charge in [0.1, 0.15) is 13.2 Å². The van der Waals surface area contributed by atoms with Gasteiger partial charge in [0.2, 0.25) is 5.91 Å². The third kappa shape index (κ3) is 76.0. The molecular formula is C82H161N2O6P. The maximum absolute atomic E-state index is 13.1. The average molecular weight is 1300 g/mol. The van der Waals surface area contributed by atoms with Gasteiger partial charge < -0.3 is 28.8 Å². The number of hydrogen-bond donors (Lipinski definition) is 2. The number of phosphoric acid groups is 1. The van der Waals surface area contributed by atoms with Crippen LogP contribution in [0.1, 0.15) is 431 Å². The number of aliphatic hydroxyl groups excluding tert-OH is 1. The van der Waals surface area contributed by atoms with E-state index in [0.29, 0.717) is 17.4 Å². The number of nitrogens with one attached hydrogen (secondary N) is 1. The van der Waals surface area contributed by atoms with Gasteiger partial charge in [-0.1, -0.05) is 410 Å².